The van der Waals surface area contributed by atoms with Crippen molar-refractivity contribution in [3.8, 4) is 0 Å². The monoisotopic (exact) mass is 309 g/mol. The molecule has 20 heavy (non-hydrogen) atoms. The number of hydrogen-bond acceptors (Lipinski definition) is 2. The van der Waals surface area contributed by atoms with E-state index < -0.39 is 10.0 Å². The lowest BCUT2D eigenvalue weighted by Crippen LogP contribution is -2.15. The summed E-state index contributed by atoms with van der Waals surface area (Å²) in [4.78, 5) is 0.289. The van der Waals surface area contributed by atoms with E-state index in [2.05, 4.69) is 4.72 Å². The summed E-state index contributed by atoms with van der Waals surface area (Å²) in [5.41, 5.74) is 2.93. The van der Waals surface area contributed by atoms with Gasteiger partial charge in [-0.25, -0.2) is 8.42 Å². The van der Waals surface area contributed by atoms with Gasteiger partial charge in [0.1, 0.15) is 0 Å². The van der Waals surface area contributed by atoms with Gasteiger partial charge in [-0.05, 0) is 55.7 Å². The first-order valence-corrected chi connectivity index (χ1v) is 8.02. The van der Waals surface area contributed by atoms with Crippen molar-refractivity contribution in [2.75, 3.05) is 4.72 Å². The van der Waals surface area contributed by atoms with E-state index in [0.717, 1.165) is 11.1 Å². The van der Waals surface area contributed by atoms with E-state index in [9.17, 15) is 8.42 Å². The van der Waals surface area contributed by atoms with Gasteiger partial charge in [-0.2, -0.15) is 0 Å². The molecule has 0 aliphatic carbocycles. The van der Waals surface area contributed by atoms with E-state index in [4.69, 9.17) is 11.6 Å². The van der Waals surface area contributed by atoms with E-state index in [1.807, 2.05) is 19.9 Å². The zero-order chi connectivity index (χ0) is 14.9. The average molecular weight is 310 g/mol. The molecule has 0 bridgehead atoms. The molecule has 0 aromatic heterocycles. The van der Waals surface area contributed by atoms with Crippen LogP contribution in [0, 0.1) is 20.8 Å². The Kier molecular flexibility index (Phi) is 4.06. The lowest BCUT2D eigenvalue weighted by Gasteiger charge is -2.13. The molecule has 0 unspecified atom stereocenters. The van der Waals surface area contributed by atoms with Gasteiger partial charge in [0.25, 0.3) is 10.0 Å². The smallest absolute Gasteiger partial charge is 0.262 e. The molecule has 0 saturated heterocycles. The van der Waals surface area contributed by atoms with Crippen LogP contribution in [0.25, 0.3) is 0 Å². The number of sulfonamides is 1. The minimum absolute atomic E-state index is 0.289. The molecule has 0 amide bonds. The lowest BCUT2D eigenvalue weighted by atomic mass is 10.2. The van der Waals surface area contributed by atoms with Crippen LogP contribution in [0.1, 0.15) is 16.7 Å². The topological polar surface area (TPSA) is 46.2 Å². The molecule has 5 heteroatoms. The number of rotatable bonds is 3. The van der Waals surface area contributed by atoms with Crippen molar-refractivity contribution in [2.45, 2.75) is 25.7 Å². The van der Waals surface area contributed by atoms with Crippen molar-refractivity contribution >= 4 is 27.3 Å². The first-order valence-electron chi connectivity index (χ1n) is 6.16. The molecule has 2 aromatic rings. The molecule has 0 aliphatic rings. The van der Waals surface area contributed by atoms with Crippen molar-refractivity contribution in [2.24, 2.45) is 0 Å². The Morgan fingerprint density at radius 3 is 2.30 bits per heavy atom. The highest BCUT2D eigenvalue weighted by atomic mass is 35.5. The quantitative estimate of drug-likeness (QED) is 0.929. The number of halogens is 1. The standard InChI is InChI=1S/C15H16ClNO2S/c1-10-4-5-12(3)15(8-10)20(18,19)17-14-9-13(16)7-6-11(14)2/h4-9,17H,1-3H3. The van der Waals surface area contributed by atoms with Crippen LogP contribution in [0.3, 0.4) is 0 Å². The minimum atomic E-state index is -3.61. The molecule has 106 valence electrons. The Morgan fingerprint density at radius 1 is 0.950 bits per heavy atom. The summed E-state index contributed by atoms with van der Waals surface area (Å²) < 4.78 is 27.6. The zero-order valence-electron chi connectivity index (χ0n) is 11.6. The second kappa shape index (κ2) is 5.46. The molecule has 0 heterocycles. The van der Waals surface area contributed by atoms with Gasteiger partial charge in [0, 0.05) is 5.02 Å². The summed E-state index contributed by atoms with van der Waals surface area (Å²) in [6.07, 6.45) is 0. The highest BCUT2D eigenvalue weighted by Gasteiger charge is 2.18. The molecule has 2 aromatic carbocycles. The average Bonchev–Trinajstić information content (AvgIpc) is 2.36. The van der Waals surface area contributed by atoms with Crippen LogP contribution in [-0.2, 0) is 10.0 Å². The van der Waals surface area contributed by atoms with Crippen LogP contribution >= 0.6 is 11.6 Å². The SMILES string of the molecule is Cc1ccc(C)c(S(=O)(=O)Nc2cc(Cl)ccc2C)c1. The predicted molar refractivity (Wildman–Crippen MR) is 82.9 cm³/mol. The molecule has 0 aliphatic heterocycles. The maximum atomic E-state index is 12.5. The molecular formula is C15H16ClNO2S. The van der Waals surface area contributed by atoms with Crippen molar-refractivity contribution in [1.29, 1.82) is 0 Å². The predicted octanol–water partition coefficient (Wildman–Crippen LogP) is 4.07. The van der Waals surface area contributed by atoms with Gasteiger partial charge in [0.05, 0.1) is 10.6 Å². The van der Waals surface area contributed by atoms with Crippen LogP contribution in [-0.4, -0.2) is 8.42 Å². The van der Waals surface area contributed by atoms with Gasteiger partial charge in [0.2, 0.25) is 0 Å². The molecule has 3 nitrogen and oxygen atoms in total. The Labute approximate surface area is 124 Å². The maximum absolute atomic E-state index is 12.5. The van der Waals surface area contributed by atoms with Crippen LogP contribution in [0.2, 0.25) is 5.02 Å². The van der Waals surface area contributed by atoms with Gasteiger partial charge < -0.3 is 0 Å². The fraction of sp³-hybridized carbons (Fsp3) is 0.200. The van der Waals surface area contributed by atoms with Crippen LogP contribution in [0.4, 0.5) is 5.69 Å². The van der Waals surface area contributed by atoms with Crippen LogP contribution in [0.5, 0.6) is 0 Å². The first-order chi connectivity index (χ1) is 9.29. The molecule has 0 saturated carbocycles. The fourth-order valence-electron chi connectivity index (χ4n) is 1.90. The van der Waals surface area contributed by atoms with Gasteiger partial charge in [0.15, 0.2) is 0 Å². The summed E-state index contributed by atoms with van der Waals surface area (Å²) in [6, 6.07) is 10.5. The summed E-state index contributed by atoms with van der Waals surface area (Å²) >= 11 is 5.91. The van der Waals surface area contributed by atoms with Crippen molar-refractivity contribution in [3.63, 3.8) is 0 Å². The normalized spacial score (nSPS) is 11.4. The van der Waals surface area contributed by atoms with Gasteiger partial charge in [-0.3, -0.25) is 4.72 Å². The Balaban J connectivity index is 2.46. The van der Waals surface area contributed by atoms with Crippen molar-refractivity contribution < 1.29 is 8.42 Å². The third-order valence-electron chi connectivity index (χ3n) is 3.08. The number of benzene rings is 2. The fourth-order valence-corrected chi connectivity index (χ4v) is 3.53. The van der Waals surface area contributed by atoms with Crippen LogP contribution in [0.15, 0.2) is 41.3 Å². The van der Waals surface area contributed by atoms with E-state index >= 15 is 0 Å². The second-order valence-electron chi connectivity index (χ2n) is 4.83. The van der Waals surface area contributed by atoms with E-state index in [1.165, 1.54) is 0 Å². The van der Waals surface area contributed by atoms with Crippen LogP contribution < -0.4 is 4.72 Å². The highest BCUT2D eigenvalue weighted by Crippen LogP contribution is 2.25. The van der Waals surface area contributed by atoms with Crippen molar-refractivity contribution in [3.05, 3.63) is 58.1 Å². The highest BCUT2D eigenvalue weighted by molar-refractivity contribution is 7.92. The van der Waals surface area contributed by atoms with E-state index in [1.54, 1.807) is 37.3 Å². The Hall–Kier alpha value is -1.52. The van der Waals surface area contributed by atoms with E-state index in [0.29, 0.717) is 16.3 Å². The van der Waals surface area contributed by atoms with E-state index in [-0.39, 0.29) is 4.90 Å². The second-order valence-corrected chi connectivity index (χ2v) is 6.92. The Morgan fingerprint density at radius 2 is 1.60 bits per heavy atom. The summed E-state index contributed by atoms with van der Waals surface area (Å²) in [5, 5.41) is 0.495. The maximum Gasteiger partial charge on any atom is 0.262 e. The van der Waals surface area contributed by atoms with Crippen molar-refractivity contribution in [1.82, 2.24) is 0 Å². The molecule has 0 spiro atoms. The first kappa shape index (κ1) is 14.9. The number of nitrogens with one attached hydrogen (secondary N) is 1. The summed E-state index contributed by atoms with van der Waals surface area (Å²) in [7, 11) is -3.61. The molecule has 0 radical (unpaired) electrons. The number of aryl methyl sites for hydroxylation is 3. The largest absolute Gasteiger partial charge is 0.279 e. The third kappa shape index (κ3) is 3.14. The Bertz CT molecular complexity index is 754. The molecule has 0 fully saturated rings. The van der Waals surface area contributed by atoms with Gasteiger partial charge in [-0.15, -0.1) is 0 Å². The summed E-state index contributed by atoms with van der Waals surface area (Å²) in [5.74, 6) is 0. The van der Waals surface area contributed by atoms with Gasteiger partial charge >= 0.3 is 0 Å². The number of hydrogen-bond donors (Lipinski definition) is 1. The molecule has 1 N–H and O–H groups in total. The summed E-state index contributed by atoms with van der Waals surface area (Å²) in [6.45, 7) is 5.47. The molecule has 0 atom stereocenters. The number of anilines is 1. The van der Waals surface area contributed by atoms with Gasteiger partial charge in [-0.1, -0.05) is 29.8 Å². The molecular weight excluding hydrogens is 294 g/mol. The third-order valence-corrected chi connectivity index (χ3v) is 4.82. The molecule has 2 rings (SSSR count). The zero-order valence-corrected chi connectivity index (χ0v) is 13.1. The minimum Gasteiger partial charge on any atom is -0.279 e. The lowest BCUT2D eigenvalue weighted by molar-refractivity contribution is 0.600.